The van der Waals surface area contributed by atoms with Crippen molar-refractivity contribution in [3.63, 3.8) is 0 Å². The average Bonchev–Trinajstić information content (AvgIpc) is 1.96. The van der Waals surface area contributed by atoms with Crippen molar-refractivity contribution < 1.29 is 4.79 Å². The van der Waals surface area contributed by atoms with Gasteiger partial charge in [0.05, 0.1) is 0 Å². The molecule has 0 radical (unpaired) electrons. The summed E-state index contributed by atoms with van der Waals surface area (Å²) in [6, 6.07) is 0.377. The van der Waals surface area contributed by atoms with Gasteiger partial charge in [0.15, 0.2) is 0 Å². The summed E-state index contributed by atoms with van der Waals surface area (Å²) in [7, 11) is 0. The maximum Gasteiger partial charge on any atom is 0.223 e. The van der Waals surface area contributed by atoms with Gasteiger partial charge in [0.25, 0.3) is 0 Å². The maximum absolute atomic E-state index is 11.9. The largest absolute Gasteiger partial charge is 0.353 e. The Morgan fingerprint density at radius 2 is 1.93 bits per heavy atom. The molecule has 2 rings (SSSR count). The molecule has 1 saturated heterocycles. The van der Waals surface area contributed by atoms with Crippen molar-refractivity contribution in [1.29, 1.82) is 0 Å². The minimum atomic E-state index is 0.175. The molecule has 86 valence electrons. The van der Waals surface area contributed by atoms with E-state index in [4.69, 9.17) is 0 Å². The molecule has 2 atom stereocenters. The Morgan fingerprint density at radius 1 is 1.27 bits per heavy atom. The van der Waals surface area contributed by atoms with Crippen LogP contribution in [0.3, 0.4) is 0 Å². The van der Waals surface area contributed by atoms with Crippen LogP contribution in [-0.4, -0.2) is 25.0 Å². The first kappa shape index (κ1) is 10.9. The molecular formula is C12H22N2O. The molecular weight excluding hydrogens is 188 g/mol. The first-order valence-corrected chi connectivity index (χ1v) is 6.19. The van der Waals surface area contributed by atoms with Crippen LogP contribution in [0.4, 0.5) is 0 Å². The van der Waals surface area contributed by atoms with Gasteiger partial charge in [-0.3, -0.25) is 4.79 Å². The Hall–Kier alpha value is -0.570. The van der Waals surface area contributed by atoms with Gasteiger partial charge < -0.3 is 10.6 Å². The Balaban J connectivity index is 1.74. The summed E-state index contributed by atoms with van der Waals surface area (Å²) in [6.45, 7) is 6.21. The summed E-state index contributed by atoms with van der Waals surface area (Å²) in [5.41, 5.74) is 0. The lowest BCUT2D eigenvalue weighted by molar-refractivity contribution is -0.127. The lowest BCUT2D eigenvalue weighted by Crippen LogP contribution is -2.51. The third kappa shape index (κ3) is 2.33. The molecule has 0 bridgehead atoms. The number of hydrogen-bond donors (Lipinski definition) is 2. The topological polar surface area (TPSA) is 41.1 Å². The summed E-state index contributed by atoms with van der Waals surface area (Å²) < 4.78 is 0. The molecule has 1 aliphatic heterocycles. The van der Waals surface area contributed by atoms with Gasteiger partial charge >= 0.3 is 0 Å². The predicted molar refractivity (Wildman–Crippen MR) is 60.5 cm³/mol. The van der Waals surface area contributed by atoms with E-state index < -0.39 is 0 Å². The van der Waals surface area contributed by atoms with Crippen LogP contribution < -0.4 is 10.6 Å². The normalized spacial score (nSPS) is 26.3. The molecule has 3 nitrogen and oxygen atoms in total. The number of carbonyl (C=O) groups is 1. The Labute approximate surface area is 92.0 Å². The second-order valence-corrected chi connectivity index (χ2v) is 5.20. The van der Waals surface area contributed by atoms with Crippen molar-refractivity contribution in [1.82, 2.24) is 10.6 Å². The molecule has 2 aliphatic rings. The minimum absolute atomic E-state index is 0.175. The summed E-state index contributed by atoms with van der Waals surface area (Å²) >= 11 is 0. The van der Waals surface area contributed by atoms with Crippen molar-refractivity contribution in [3.8, 4) is 0 Å². The fraction of sp³-hybridized carbons (Fsp3) is 0.917. The Bertz CT molecular complexity index is 234. The van der Waals surface area contributed by atoms with E-state index in [9.17, 15) is 4.79 Å². The lowest BCUT2D eigenvalue weighted by atomic mass is 9.80. The summed E-state index contributed by atoms with van der Waals surface area (Å²) in [4.78, 5) is 11.9. The third-order valence-corrected chi connectivity index (χ3v) is 4.16. The van der Waals surface area contributed by atoms with E-state index in [2.05, 4.69) is 17.6 Å². The molecule has 1 saturated carbocycles. The van der Waals surface area contributed by atoms with Gasteiger partial charge in [0.2, 0.25) is 5.91 Å². The van der Waals surface area contributed by atoms with E-state index in [-0.39, 0.29) is 11.8 Å². The minimum Gasteiger partial charge on any atom is -0.353 e. The van der Waals surface area contributed by atoms with Crippen LogP contribution in [0, 0.1) is 17.8 Å². The second kappa shape index (κ2) is 4.52. The highest BCUT2D eigenvalue weighted by atomic mass is 16.1. The van der Waals surface area contributed by atoms with Gasteiger partial charge in [-0.1, -0.05) is 13.3 Å². The molecule has 2 fully saturated rings. The fourth-order valence-electron chi connectivity index (χ4n) is 2.29. The molecule has 2 N–H and O–H groups in total. The first-order valence-electron chi connectivity index (χ1n) is 6.19. The van der Waals surface area contributed by atoms with Gasteiger partial charge in [0.1, 0.15) is 0 Å². The summed E-state index contributed by atoms with van der Waals surface area (Å²) in [5.74, 6) is 1.72. The monoisotopic (exact) mass is 210 g/mol. The van der Waals surface area contributed by atoms with Crippen LogP contribution in [0.5, 0.6) is 0 Å². The molecule has 15 heavy (non-hydrogen) atoms. The first-order chi connectivity index (χ1) is 7.18. The molecule has 2 unspecified atom stereocenters. The number of amides is 1. The van der Waals surface area contributed by atoms with Crippen molar-refractivity contribution >= 4 is 5.91 Å². The van der Waals surface area contributed by atoms with Crippen LogP contribution in [0.1, 0.15) is 33.1 Å². The Morgan fingerprint density at radius 3 is 2.33 bits per heavy atom. The van der Waals surface area contributed by atoms with Crippen molar-refractivity contribution in [2.75, 3.05) is 13.1 Å². The fourth-order valence-corrected chi connectivity index (χ4v) is 2.29. The smallest absolute Gasteiger partial charge is 0.223 e. The van der Waals surface area contributed by atoms with Crippen molar-refractivity contribution in [3.05, 3.63) is 0 Å². The van der Waals surface area contributed by atoms with Crippen LogP contribution in [-0.2, 0) is 4.79 Å². The van der Waals surface area contributed by atoms with Gasteiger partial charge in [-0.05, 0) is 44.7 Å². The van der Waals surface area contributed by atoms with Crippen LogP contribution in [0.15, 0.2) is 0 Å². The van der Waals surface area contributed by atoms with Gasteiger partial charge in [-0.15, -0.1) is 0 Å². The van der Waals surface area contributed by atoms with Crippen molar-refractivity contribution in [2.45, 2.75) is 39.2 Å². The SMILES string of the molecule is CC(NC(=O)C(C)C1CNC1)C1CCC1. The van der Waals surface area contributed by atoms with Gasteiger partial charge in [0, 0.05) is 12.0 Å². The van der Waals surface area contributed by atoms with E-state index in [1.165, 1.54) is 19.3 Å². The molecule has 0 spiro atoms. The molecule has 0 aromatic rings. The summed E-state index contributed by atoms with van der Waals surface area (Å²) in [5, 5.41) is 6.38. The van der Waals surface area contributed by atoms with Crippen LogP contribution >= 0.6 is 0 Å². The van der Waals surface area contributed by atoms with Crippen molar-refractivity contribution in [2.24, 2.45) is 17.8 Å². The van der Waals surface area contributed by atoms with Crippen LogP contribution in [0.2, 0.25) is 0 Å². The number of carbonyl (C=O) groups excluding carboxylic acids is 1. The average molecular weight is 210 g/mol. The van der Waals surface area contributed by atoms with E-state index >= 15 is 0 Å². The second-order valence-electron chi connectivity index (χ2n) is 5.20. The van der Waals surface area contributed by atoms with E-state index in [0.29, 0.717) is 12.0 Å². The highest BCUT2D eigenvalue weighted by molar-refractivity contribution is 5.79. The predicted octanol–water partition coefficient (Wildman–Crippen LogP) is 1.15. The standard InChI is InChI=1S/C12H22N2O/c1-8(11-6-13-7-11)12(15)14-9(2)10-4-3-5-10/h8-11,13H,3-7H2,1-2H3,(H,14,15). The lowest BCUT2D eigenvalue weighted by Gasteiger charge is -2.35. The third-order valence-electron chi connectivity index (χ3n) is 4.16. The van der Waals surface area contributed by atoms with Gasteiger partial charge in [-0.2, -0.15) is 0 Å². The van der Waals surface area contributed by atoms with Crippen LogP contribution in [0.25, 0.3) is 0 Å². The molecule has 0 aromatic heterocycles. The van der Waals surface area contributed by atoms with Gasteiger partial charge in [-0.25, -0.2) is 0 Å². The zero-order valence-corrected chi connectivity index (χ0v) is 9.75. The quantitative estimate of drug-likeness (QED) is 0.731. The molecule has 3 heteroatoms. The molecule has 1 heterocycles. The van der Waals surface area contributed by atoms with E-state index in [1.54, 1.807) is 0 Å². The summed E-state index contributed by atoms with van der Waals surface area (Å²) in [6.07, 6.45) is 3.93. The highest BCUT2D eigenvalue weighted by Crippen LogP contribution is 2.29. The number of rotatable bonds is 4. The molecule has 1 amide bonds. The maximum atomic E-state index is 11.9. The van der Waals surface area contributed by atoms with E-state index in [0.717, 1.165) is 19.0 Å². The number of hydrogen-bond acceptors (Lipinski definition) is 2. The molecule has 0 aromatic carbocycles. The highest BCUT2D eigenvalue weighted by Gasteiger charge is 2.31. The zero-order chi connectivity index (χ0) is 10.8. The number of nitrogens with one attached hydrogen (secondary N) is 2. The Kier molecular flexibility index (Phi) is 3.29. The van der Waals surface area contributed by atoms with E-state index in [1.807, 2.05) is 6.92 Å². The zero-order valence-electron chi connectivity index (χ0n) is 9.75. The molecule has 1 aliphatic carbocycles.